The number of hydrogen-bond donors (Lipinski definition) is 0. The third-order valence-corrected chi connectivity index (χ3v) is 8.42. The maximum atomic E-state index is 14.1. The van der Waals surface area contributed by atoms with Gasteiger partial charge in [0.25, 0.3) is 5.56 Å². The summed E-state index contributed by atoms with van der Waals surface area (Å²) < 4.78 is 24.6. The van der Waals surface area contributed by atoms with Crippen molar-refractivity contribution in [2.45, 2.75) is 13.0 Å². The number of fused-ring (bicyclic) bond motifs is 1. The number of esters is 1. The first-order valence-electron chi connectivity index (χ1n) is 13.2. The van der Waals surface area contributed by atoms with Crippen LogP contribution in [0.5, 0.6) is 17.2 Å². The lowest BCUT2D eigenvalue weighted by molar-refractivity contribution is -0.138. The smallest absolute Gasteiger partial charge is 0.338 e. The predicted molar refractivity (Wildman–Crippen MR) is 171 cm³/mol. The van der Waals surface area contributed by atoms with E-state index in [4.69, 9.17) is 29.2 Å². The van der Waals surface area contributed by atoms with Gasteiger partial charge in [-0.3, -0.25) is 9.36 Å². The summed E-state index contributed by atoms with van der Waals surface area (Å²) in [5, 5.41) is 8.94. The number of nitrogens with zero attached hydrogens (tertiary/aromatic N) is 3. The molecule has 9 nitrogen and oxygen atoms in total. The Morgan fingerprint density at radius 1 is 1.12 bits per heavy atom. The van der Waals surface area contributed by atoms with Gasteiger partial charge in [0.15, 0.2) is 22.9 Å². The van der Waals surface area contributed by atoms with E-state index in [0.717, 1.165) is 9.13 Å². The fraction of sp³-hybridized carbons (Fsp3) is 0.188. The Kier molecular flexibility index (Phi) is 9.27. The third kappa shape index (κ3) is 6.07. The van der Waals surface area contributed by atoms with E-state index in [0.29, 0.717) is 43.4 Å². The molecule has 1 atom stereocenters. The van der Waals surface area contributed by atoms with E-state index in [1.165, 1.54) is 18.4 Å². The molecular weight excluding hydrogens is 681 g/mol. The van der Waals surface area contributed by atoms with Crippen molar-refractivity contribution in [3.05, 3.63) is 112 Å². The number of halogens is 1. The number of rotatable bonds is 9. The minimum Gasteiger partial charge on any atom is -0.497 e. The lowest BCUT2D eigenvalue weighted by Crippen LogP contribution is -2.40. The second-order valence-corrected chi connectivity index (χ2v) is 11.4. The van der Waals surface area contributed by atoms with Crippen LogP contribution in [0.4, 0.5) is 0 Å². The molecule has 5 rings (SSSR count). The predicted octanol–water partition coefficient (Wildman–Crippen LogP) is 4.46. The van der Waals surface area contributed by atoms with Gasteiger partial charge < -0.3 is 18.9 Å². The highest BCUT2D eigenvalue weighted by Gasteiger charge is 2.35. The van der Waals surface area contributed by atoms with Gasteiger partial charge in [-0.1, -0.05) is 53.8 Å². The summed E-state index contributed by atoms with van der Waals surface area (Å²) >= 11 is 3.33. The van der Waals surface area contributed by atoms with Crippen molar-refractivity contribution in [1.29, 1.82) is 5.26 Å². The zero-order valence-corrected chi connectivity index (χ0v) is 26.5. The van der Waals surface area contributed by atoms with Crippen LogP contribution in [0.3, 0.4) is 0 Å². The summed E-state index contributed by atoms with van der Waals surface area (Å²) in [5.74, 6) is 0.988. The number of methoxy groups -OCH3 is 2. The summed E-state index contributed by atoms with van der Waals surface area (Å²) in [4.78, 5) is 33.0. The van der Waals surface area contributed by atoms with Crippen LogP contribution in [0.1, 0.15) is 29.7 Å². The molecule has 0 saturated carbocycles. The van der Waals surface area contributed by atoms with Crippen molar-refractivity contribution >= 4 is 51.7 Å². The molecule has 1 aliphatic rings. The molecule has 0 radical (unpaired) electrons. The molecule has 0 spiro atoms. The van der Waals surface area contributed by atoms with Gasteiger partial charge in [-0.05, 0) is 71.0 Å². The fourth-order valence-electron chi connectivity index (χ4n) is 4.76. The Morgan fingerprint density at radius 3 is 2.51 bits per heavy atom. The molecule has 1 aromatic heterocycles. The van der Waals surface area contributed by atoms with Gasteiger partial charge in [0.05, 0.1) is 46.2 Å². The molecular formula is C32H26IN3O6S. The highest BCUT2D eigenvalue weighted by Crippen LogP contribution is 2.36. The Balaban J connectivity index is 1.77. The summed E-state index contributed by atoms with van der Waals surface area (Å²) in [7, 11) is 3.09. The maximum Gasteiger partial charge on any atom is 0.338 e. The second-order valence-electron chi connectivity index (χ2n) is 9.19. The molecule has 0 bridgehead atoms. The minimum atomic E-state index is -0.796. The number of carbonyl (C=O) groups is 1. The summed E-state index contributed by atoms with van der Waals surface area (Å²) in [6.07, 6.45) is 1.75. The van der Waals surface area contributed by atoms with Gasteiger partial charge in [0.2, 0.25) is 0 Å². The largest absolute Gasteiger partial charge is 0.497 e. The summed E-state index contributed by atoms with van der Waals surface area (Å²) in [6.45, 7) is 1.78. The molecule has 1 aliphatic heterocycles. The molecule has 3 aromatic carbocycles. The van der Waals surface area contributed by atoms with Crippen molar-refractivity contribution in [3.8, 4) is 23.3 Å². The van der Waals surface area contributed by atoms with E-state index >= 15 is 0 Å². The number of nitriles is 1. The van der Waals surface area contributed by atoms with Gasteiger partial charge in [-0.25, -0.2) is 9.79 Å². The molecule has 11 heteroatoms. The Morgan fingerprint density at radius 2 is 1.86 bits per heavy atom. The van der Waals surface area contributed by atoms with Crippen LogP contribution in [0, 0.1) is 14.9 Å². The van der Waals surface area contributed by atoms with Crippen LogP contribution < -0.4 is 29.1 Å². The highest BCUT2D eigenvalue weighted by molar-refractivity contribution is 14.1. The molecule has 43 heavy (non-hydrogen) atoms. The average Bonchev–Trinajstić information content (AvgIpc) is 3.34. The average molecular weight is 708 g/mol. The topological polar surface area (TPSA) is 112 Å². The molecule has 2 heterocycles. The van der Waals surface area contributed by atoms with Gasteiger partial charge >= 0.3 is 5.97 Å². The molecule has 0 N–H and O–H groups in total. The van der Waals surface area contributed by atoms with Crippen molar-refractivity contribution in [3.63, 3.8) is 0 Å². The van der Waals surface area contributed by atoms with E-state index in [2.05, 4.69) is 22.6 Å². The second kappa shape index (κ2) is 13.3. The first-order chi connectivity index (χ1) is 20.9. The number of aromatic nitrogens is 1. The molecule has 0 fully saturated rings. The number of hydrogen-bond acceptors (Lipinski definition) is 9. The van der Waals surface area contributed by atoms with E-state index in [-0.39, 0.29) is 24.3 Å². The maximum absolute atomic E-state index is 14.1. The number of benzene rings is 3. The van der Waals surface area contributed by atoms with Crippen LogP contribution in [-0.4, -0.2) is 38.0 Å². The SMILES string of the molecule is CCOC(=O)C1=C(c2ccccc2)N=c2s/c(=C\c3cc(I)c(OCC#N)c(OC)c3)c(=O)n2[C@@H]1c1ccc(OC)cc1. The number of thiazole rings is 1. The van der Waals surface area contributed by atoms with E-state index in [9.17, 15) is 9.59 Å². The first kappa shape index (κ1) is 30.1. The Hall–Kier alpha value is -4.41. The molecule has 0 unspecified atom stereocenters. The van der Waals surface area contributed by atoms with Crippen LogP contribution in [0.15, 0.2) is 82.1 Å². The molecule has 0 amide bonds. The van der Waals surface area contributed by atoms with Crippen molar-refractivity contribution < 1.29 is 23.7 Å². The zero-order chi connectivity index (χ0) is 30.5. The molecule has 0 saturated heterocycles. The lowest BCUT2D eigenvalue weighted by Gasteiger charge is -2.26. The van der Waals surface area contributed by atoms with Gasteiger partial charge in [-0.15, -0.1) is 0 Å². The summed E-state index contributed by atoms with van der Waals surface area (Å²) in [5.41, 5.74) is 2.54. The standard InChI is InChI=1S/C32H26IN3O6S/c1-4-41-31(38)26-27(20-8-6-5-7-9-20)35-32-36(28(26)21-10-12-22(39-2)13-11-21)30(37)25(43-32)18-19-16-23(33)29(42-15-14-34)24(17-19)40-3/h5-13,16-18,28H,4,15H2,1-3H3/b25-18-/t28-/m1/s1. The van der Waals surface area contributed by atoms with E-state index < -0.39 is 12.0 Å². The van der Waals surface area contributed by atoms with Crippen molar-refractivity contribution in [2.75, 3.05) is 27.4 Å². The Labute approximate surface area is 265 Å². The minimum absolute atomic E-state index is 0.123. The van der Waals surface area contributed by atoms with Gasteiger partial charge in [-0.2, -0.15) is 5.26 Å². The molecule has 4 aromatic rings. The van der Waals surface area contributed by atoms with Crippen LogP contribution in [0.25, 0.3) is 11.8 Å². The van der Waals surface area contributed by atoms with E-state index in [1.807, 2.05) is 54.6 Å². The number of ether oxygens (including phenoxy) is 4. The molecule has 218 valence electrons. The quantitative estimate of drug-likeness (QED) is 0.187. The van der Waals surface area contributed by atoms with Crippen molar-refractivity contribution in [1.82, 2.24) is 4.57 Å². The Bertz CT molecular complexity index is 1920. The highest BCUT2D eigenvalue weighted by atomic mass is 127. The molecule has 0 aliphatic carbocycles. The fourth-order valence-corrected chi connectivity index (χ4v) is 6.54. The van der Waals surface area contributed by atoms with Crippen LogP contribution in [0.2, 0.25) is 0 Å². The van der Waals surface area contributed by atoms with Gasteiger partial charge in [0.1, 0.15) is 11.8 Å². The van der Waals surface area contributed by atoms with E-state index in [1.54, 1.807) is 42.9 Å². The van der Waals surface area contributed by atoms with Gasteiger partial charge in [0, 0.05) is 5.56 Å². The lowest BCUT2D eigenvalue weighted by atomic mass is 9.93. The summed E-state index contributed by atoms with van der Waals surface area (Å²) in [6, 6.07) is 21.4. The zero-order valence-electron chi connectivity index (χ0n) is 23.5. The van der Waals surface area contributed by atoms with Crippen molar-refractivity contribution in [2.24, 2.45) is 4.99 Å². The third-order valence-electron chi connectivity index (χ3n) is 6.64. The normalized spacial score (nSPS) is 14.4. The van der Waals surface area contributed by atoms with Crippen LogP contribution in [-0.2, 0) is 9.53 Å². The first-order valence-corrected chi connectivity index (χ1v) is 15.1. The van der Waals surface area contributed by atoms with Crippen LogP contribution >= 0.6 is 33.9 Å². The monoisotopic (exact) mass is 707 g/mol. The number of carbonyl (C=O) groups excluding carboxylic acids is 1.